The van der Waals surface area contributed by atoms with Crippen LogP contribution < -0.4 is 0 Å². The zero-order chi connectivity index (χ0) is 5.28. The predicted octanol–water partition coefficient (Wildman–Crippen LogP) is 1.43. The maximum atomic E-state index is 2.94. The monoisotopic (exact) mass is 94.1 g/mol. The lowest BCUT2D eigenvalue weighted by atomic mass is 10.3. The molecule has 37 valence electrons. The second-order valence-electron chi connectivity index (χ2n) is 1.72. The van der Waals surface area contributed by atoms with Gasteiger partial charge in [-0.15, -0.1) is 0 Å². The number of aryl methyl sites for hydroxylation is 2. The van der Waals surface area contributed by atoms with E-state index >= 15 is 0 Å². The van der Waals surface area contributed by atoms with Gasteiger partial charge in [0.05, 0.1) is 6.20 Å². The van der Waals surface area contributed by atoms with Crippen LogP contribution in [0.25, 0.3) is 0 Å². The largest absolute Gasteiger partial charge is 0.357 e. The molecule has 7 heavy (non-hydrogen) atoms. The van der Waals surface area contributed by atoms with Gasteiger partial charge in [0.2, 0.25) is 0 Å². The van der Waals surface area contributed by atoms with Gasteiger partial charge < -0.3 is 4.98 Å². The number of hydrogen-bond acceptors (Lipinski definition) is 0. The van der Waals surface area contributed by atoms with E-state index in [-0.39, 0.29) is 0 Å². The molecular formula is C6H8N. The molecule has 0 amide bonds. The summed E-state index contributed by atoms with van der Waals surface area (Å²) in [4.78, 5) is 2.94. The van der Waals surface area contributed by atoms with E-state index in [9.17, 15) is 0 Å². The van der Waals surface area contributed by atoms with Crippen molar-refractivity contribution in [2.45, 2.75) is 13.8 Å². The summed E-state index contributed by atoms with van der Waals surface area (Å²) in [7, 11) is 0. The quantitative estimate of drug-likeness (QED) is 0.500. The van der Waals surface area contributed by atoms with Crippen LogP contribution in [0.2, 0.25) is 0 Å². The van der Waals surface area contributed by atoms with E-state index < -0.39 is 0 Å². The molecule has 0 saturated heterocycles. The first-order valence-corrected chi connectivity index (χ1v) is 2.33. The second-order valence-corrected chi connectivity index (χ2v) is 1.72. The van der Waals surface area contributed by atoms with E-state index in [0.717, 1.165) is 0 Å². The van der Waals surface area contributed by atoms with E-state index in [1.807, 2.05) is 13.0 Å². The number of hydrogen-bond donors (Lipinski definition) is 1. The first-order valence-electron chi connectivity index (χ1n) is 2.33. The van der Waals surface area contributed by atoms with Gasteiger partial charge in [0.25, 0.3) is 0 Å². The molecule has 1 aromatic rings. The number of H-pyrrole nitrogens is 1. The molecule has 0 aliphatic rings. The fourth-order valence-electron chi connectivity index (χ4n) is 0.459. The van der Waals surface area contributed by atoms with Gasteiger partial charge in [-0.25, -0.2) is 0 Å². The van der Waals surface area contributed by atoms with Gasteiger partial charge in [-0.3, -0.25) is 0 Å². The summed E-state index contributed by atoms with van der Waals surface area (Å²) in [6.45, 7) is 4.09. The second kappa shape index (κ2) is 1.41. The number of rotatable bonds is 0. The highest BCUT2D eigenvalue weighted by Crippen LogP contribution is 1.98. The average Bonchev–Trinajstić information content (AvgIpc) is 1.91. The lowest BCUT2D eigenvalue weighted by Crippen LogP contribution is -1.69. The molecule has 0 atom stereocenters. The summed E-state index contributed by atoms with van der Waals surface area (Å²) in [6, 6.07) is 1.94. The number of nitrogens with one attached hydrogen (secondary N) is 1. The van der Waals surface area contributed by atoms with Crippen molar-refractivity contribution in [2.24, 2.45) is 0 Å². The maximum Gasteiger partial charge on any atom is 0.0624 e. The Kier molecular flexibility index (Phi) is 0.895. The van der Waals surface area contributed by atoms with E-state index in [0.29, 0.717) is 0 Å². The molecule has 0 spiro atoms. The van der Waals surface area contributed by atoms with Gasteiger partial charge in [0, 0.05) is 5.69 Å². The number of aromatic amines is 1. The van der Waals surface area contributed by atoms with Crippen LogP contribution in [0.4, 0.5) is 0 Å². The third kappa shape index (κ3) is 0.660. The standard InChI is InChI=1S/C6H8N/c1-5-3-4-7-6(5)2/h3,7H,1-2H3. The molecule has 0 aliphatic heterocycles. The van der Waals surface area contributed by atoms with Crippen molar-refractivity contribution < 1.29 is 0 Å². The molecule has 0 unspecified atom stereocenters. The molecular weight excluding hydrogens is 86.1 g/mol. The molecule has 0 fully saturated rings. The zero-order valence-electron chi connectivity index (χ0n) is 4.58. The summed E-state index contributed by atoms with van der Waals surface area (Å²) in [5.41, 5.74) is 2.49. The first-order chi connectivity index (χ1) is 3.30. The van der Waals surface area contributed by atoms with Gasteiger partial charge >= 0.3 is 0 Å². The molecule has 0 aromatic carbocycles. The van der Waals surface area contributed by atoms with Crippen LogP contribution in [0.5, 0.6) is 0 Å². The molecule has 0 bridgehead atoms. The SMILES string of the molecule is Cc1c[c][nH]c1C. The molecule has 1 radical (unpaired) electrons. The Morgan fingerprint density at radius 3 is 2.43 bits per heavy atom. The van der Waals surface area contributed by atoms with Crippen LogP contribution in [0.1, 0.15) is 11.3 Å². The Bertz CT molecular complexity index is 136. The first kappa shape index (κ1) is 4.44. The smallest absolute Gasteiger partial charge is 0.0624 e. The third-order valence-electron chi connectivity index (χ3n) is 1.14. The highest BCUT2D eigenvalue weighted by atomic mass is 14.7. The van der Waals surface area contributed by atoms with Gasteiger partial charge in [-0.1, -0.05) is 0 Å². The highest BCUT2D eigenvalue weighted by molar-refractivity contribution is 5.15. The van der Waals surface area contributed by atoms with E-state index in [2.05, 4.69) is 18.1 Å². The van der Waals surface area contributed by atoms with Crippen LogP contribution >= 0.6 is 0 Å². The van der Waals surface area contributed by atoms with Crippen molar-refractivity contribution in [3.8, 4) is 0 Å². The Balaban J connectivity index is 3.12. The van der Waals surface area contributed by atoms with E-state index in [4.69, 9.17) is 0 Å². The summed E-state index contributed by atoms with van der Waals surface area (Å²) in [5, 5.41) is 0. The number of aromatic nitrogens is 1. The van der Waals surface area contributed by atoms with Gasteiger partial charge in [-0.2, -0.15) is 0 Å². The average molecular weight is 94.1 g/mol. The van der Waals surface area contributed by atoms with Crippen molar-refractivity contribution in [1.29, 1.82) is 0 Å². The van der Waals surface area contributed by atoms with Crippen molar-refractivity contribution in [3.05, 3.63) is 23.5 Å². The van der Waals surface area contributed by atoms with Crippen LogP contribution in [0, 0.1) is 20.0 Å². The van der Waals surface area contributed by atoms with Gasteiger partial charge in [0.15, 0.2) is 0 Å². The Hall–Kier alpha value is -0.720. The predicted molar refractivity (Wildman–Crippen MR) is 29.1 cm³/mol. The molecule has 1 aromatic heterocycles. The fourth-order valence-corrected chi connectivity index (χ4v) is 0.459. The molecule has 1 N–H and O–H groups in total. The topological polar surface area (TPSA) is 15.8 Å². The summed E-state index contributed by atoms with van der Waals surface area (Å²) in [5.74, 6) is 0. The summed E-state index contributed by atoms with van der Waals surface area (Å²) >= 11 is 0. The van der Waals surface area contributed by atoms with Crippen LogP contribution in [0.3, 0.4) is 0 Å². The molecule has 1 heteroatoms. The molecule has 1 rings (SSSR count). The minimum absolute atomic E-state index is 1.21. The normalized spacial score (nSPS) is 9.43. The van der Waals surface area contributed by atoms with Gasteiger partial charge in [0.1, 0.15) is 0 Å². The van der Waals surface area contributed by atoms with Crippen LogP contribution in [-0.4, -0.2) is 4.98 Å². The molecule has 0 saturated carbocycles. The lowest BCUT2D eigenvalue weighted by Gasteiger charge is -1.81. The molecule has 0 aliphatic carbocycles. The summed E-state index contributed by atoms with van der Waals surface area (Å²) < 4.78 is 0. The minimum Gasteiger partial charge on any atom is -0.357 e. The molecule has 1 heterocycles. The minimum atomic E-state index is 1.21. The van der Waals surface area contributed by atoms with Crippen molar-refractivity contribution in [3.63, 3.8) is 0 Å². The van der Waals surface area contributed by atoms with E-state index in [1.165, 1.54) is 11.3 Å². The molecule has 1 nitrogen and oxygen atoms in total. The summed E-state index contributed by atoms with van der Waals surface area (Å²) in [6.07, 6.45) is 2.87. The van der Waals surface area contributed by atoms with Crippen molar-refractivity contribution in [2.75, 3.05) is 0 Å². The van der Waals surface area contributed by atoms with E-state index in [1.54, 1.807) is 0 Å². The Labute approximate surface area is 43.4 Å². The van der Waals surface area contributed by atoms with Crippen LogP contribution in [0.15, 0.2) is 6.07 Å². The van der Waals surface area contributed by atoms with Crippen molar-refractivity contribution >= 4 is 0 Å². The lowest BCUT2D eigenvalue weighted by molar-refractivity contribution is 1.22. The maximum absolute atomic E-state index is 2.94. The van der Waals surface area contributed by atoms with Gasteiger partial charge in [-0.05, 0) is 25.5 Å². The highest BCUT2D eigenvalue weighted by Gasteiger charge is 1.86. The Morgan fingerprint density at radius 2 is 2.29 bits per heavy atom. The van der Waals surface area contributed by atoms with Crippen LogP contribution in [-0.2, 0) is 0 Å². The third-order valence-corrected chi connectivity index (χ3v) is 1.14. The van der Waals surface area contributed by atoms with Crippen molar-refractivity contribution in [1.82, 2.24) is 4.98 Å². The zero-order valence-corrected chi connectivity index (χ0v) is 4.58. The Morgan fingerprint density at radius 1 is 1.57 bits per heavy atom. The fraction of sp³-hybridized carbons (Fsp3) is 0.333.